The van der Waals surface area contributed by atoms with E-state index in [2.05, 4.69) is 26.0 Å². The molecule has 15 heavy (non-hydrogen) atoms. The molecular weight excluding hydrogens is 276 g/mol. The van der Waals surface area contributed by atoms with Crippen LogP contribution in [0.15, 0.2) is 39.1 Å². The van der Waals surface area contributed by atoms with Crippen LogP contribution < -0.4 is 5.73 Å². The maximum atomic E-state index is 5.84. The van der Waals surface area contributed by atoms with E-state index >= 15 is 0 Å². The molecule has 78 valence electrons. The maximum Gasteiger partial charge on any atom is 0.124 e. The zero-order chi connectivity index (χ0) is 10.8. The van der Waals surface area contributed by atoms with E-state index in [0.29, 0.717) is 5.69 Å². The molecule has 0 unspecified atom stereocenters. The molecule has 0 aliphatic heterocycles. The smallest absolute Gasteiger partial charge is 0.124 e. The number of anilines is 1. The van der Waals surface area contributed by atoms with Gasteiger partial charge in [-0.15, -0.1) is 0 Å². The van der Waals surface area contributed by atoms with Crippen LogP contribution in [0.3, 0.4) is 0 Å². The second-order valence-electron chi connectivity index (χ2n) is 3.00. The third-order valence-corrected chi connectivity index (χ3v) is 3.16. The lowest BCUT2D eigenvalue weighted by Crippen LogP contribution is -1.91. The monoisotopic (exact) mass is 284 g/mol. The van der Waals surface area contributed by atoms with Crippen LogP contribution in [0.25, 0.3) is 0 Å². The minimum absolute atomic E-state index is 0.665. The van der Waals surface area contributed by atoms with E-state index in [-0.39, 0.29) is 0 Å². The molecule has 6 heteroatoms. The Morgan fingerprint density at radius 3 is 2.87 bits per heavy atom. The first-order valence-corrected chi connectivity index (χ1v) is 5.83. The fourth-order valence-corrected chi connectivity index (χ4v) is 2.25. The van der Waals surface area contributed by atoms with Crippen molar-refractivity contribution in [3.05, 3.63) is 29.1 Å². The molecular formula is C9H9BrN4S. The largest absolute Gasteiger partial charge is 0.397 e. The Balaban J connectivity index is 2.24. The number of halogens is 1. The van der Waals surface area contributed by atoms with Gasteiger partial charge in [0.25, 0.3) is 0 Å². The lowest BCUT2D eigenvalue weighted by atomic mass is 10.4. The van der Waals surface area contributed by atoms with Gasteiger partial charge in [-0.05, 0) is 22.0 Å². The van der Waals surface area contributed by atoms with Gasteiger partial charge in [0.2, 0.25) is 0 Å². The van der Waals surface area contributed by atoms with Crippen molar-refractivity contribution in [2.75, 3.05) is 5.73 Å². The van der Waals surface area contributed by atoms with Crippen LogP contribution in [0.4, 0.5) is 5.69 Å². The molecule has 0 spiro atoms. The molecule has 0 saturated heterocycles. The highest BCUT2D eigenvalue weighted by atomic mass is 79.9. The second-order valence-corrected chi connectivity index (χ2v) is 4.98. The summed E-state index contributed by atoms with van der Waals surface area (Å²) in [4.78, 5) is 5.26. The van der Waals surface area contributed by atoms with Crippen molar-refractivity contribution in [3.63, 3.8) is 0 Å². The van der Waals surface area contributed by atoms with Gasteiger partial charge in [-0.25, -0.2) is 4.98 Å². The van der Waals surface area contributed by atoms with Crippen LogP contribution in [0.2, 0.25) is 0 Å². The Morgan fingerprint density at radius 2 is 2.27 bits per heavy atom. The first-order valence-electron chi connectivity index (χ1n) is 4.22. The number of hydrogen-bond donors (Lipinski definition) is 1. The number of rotatable bonds is 2. The standard InChI is InChI=1S/C9H9BrN4S/c1-14-5-7(4-13-14)15-9-8(11)2-6(10)3-12-9/h2-5H,11H2,1H3. The summed E-state index contributed by atoms with van der Waals surface area (Å²) in [7, 11) is 1.88. The summed E-state index contributed by atoms with van der Waals surface area (Å²) >= 11 is 4.82. The zero-order valence-corrected chi connectivity index (χ0v) is 10.4. The summed E-state index contributed by atoms with van der Waals surface area (Å²) in [6.07, 6.45) is 5.44. The molecule has 2 aromatic rings. The van der Waals surface area contributed by atoms with Crippen molar-refractivity contribution >= 4 is 33.4 Å². The molecule has 4 nitrogen and oxygen atoms in total. The Bertz CT molecular complexity index is 483. The van der Waals surface area contributed by atoms with Crippen molar-refractivity contribution in [2.24, 2.45) is 7.05 Å². The van der Waals surface area contributed by atoms with Gasteiger partial charge < -0.3 is 5.73 Å². The summed E-state index contributed by atoms with van der Waals surface area (Å²) in [6.45, 7) is 0. The number of hydrogen-bond acceptors (Lipinski definition) is 4. The van der Waals surface area contributed by atoms with Crippen LogP contribution >= 0.6 is 27.7 Å². The topological polar surface area (TPSA) is 56.7 Å². The molecule has 2 rings (SSSR count). The number of nitrogen functional groups attached to an aromatic ring is 1. The molecule has 0 bridgehead atoms. The quantitative estimate of drug-likeness (QED) is 0.920. The predicted octanol–water partition coefficient (Wildman–Crippen LogP) is 2.31. The van der Waals surface area contributed by atoms with Gasteiger partial charge in [0.1, 0.15) is 5.03 Å². The highest BCUT2D eigenvalue weighted by Crippen LogP contribution is 2.30. The average Bonchev–Trinajstić information content (AvgIpc) is 2.56. The van der Waals surface area contributed by atoms with Gasteiger partial charge in [-0.2, -0.15) is 5.10 Å². The van der Waals surface area contributed by atoms with Crippen LogP contribution in [-0.2, 0) is 7.05 Å². The minimum Gasteiger partial charge on any atom is -0.397 e. The molecule has 0 amide bonds. The molecule has 2 N–H and O–H groups in total. The van der Waals surface area contributed by atoms with E-state index in [4.69, 9.17) is 5.73 Å². The zero-order valence-electron chi connectivity index (χ0n) is 8.01. The number of nitrogens with zero attached hydrogens (tertiary/aromatic N) is 3. The summed E-state index contributed by atoms with van der Waals surface area (Å²) in [5.41, 5.74) is 6.50. The minimum atomic E-state index is 0.665. The third kappa shape index (κ3) is 2.51. The Kier molecular flexibility index (Phi) is 2.97. The number of aromatic nitrogens is 3. The van der Waals surface area contributed by atoms with Gasteiger partial charge in [-0.1, -0.05) is 11.8 Å². The van der Waals surface area contributed by atoms with Crippen molar-refractivity contribution in [1.29, 1.82) is 0 Å². The van der Waals surface area contributed by atoms with E-state index in [1.165, 1.54) is 11.8 Å². The number of aryl methyl sites for hydroxylation is 1. The molecule has 0 radical (unpaired) electrons. The predicted molar refractivity (Wildman–Crippen MR) is 63.7 cm³/mol. The van der Waals surface area contributed by atoms with E-state index in [1.807, 2.05) is 19.3 Å². The average molecular weight is 285 g/mol. The van der Waals surface area contributed by atoms with Crippen LogP contribution in [0.1, 0.15) is 0 Å². The highest BCUT2D eigenvalue weighted by molar-refractivity contribution is 9.10. The summed E-state index contributed by atoms with van der Waals surface area (Å²) in [5, 5.41) is 4.88. The van der Waals surface area contributed by atoms with Crippen LogP contribution in [-0.4, -0.2) is 14.8 Å². The van der Waals surface area contributed by atoms with Gasteiger partial charge in [-0.3, -0.25) is 4.68 Å². The lowest BCUT2D eigenvalue weighted by molar-refractivity contribution is 0.766. The van der Waals surface area contributed by atoms with Crippen molar-refractivity contribution in [3.8, 4) is 0 Å². The van der Waals surface area contributed by atoms with Gasteiger partial charge >= 0.3 is 0 Å². The molecule has 2 aromatic heterocycles. The van der Waals surface area contributed by atoms with Gasteiger partial charge in [0, 0.05) is 23.9 Å². The van der Waals surface area contributed by atoms with Gasteiger partial charge in [0.15, 0.2) is 0 Å². The molecule has 0 atom stereocenters. The highest BCUT2D eigenvalue weighted by Gasteiger charge is 2.05. The molecule has 0 aliphatic carbocycles. The van der Waals surface area contributed by atoms with E-state index < -0.39 is 0 Å². The second kappa shape index (κ2) is 4.24. The van der Waals surface area contributed by atoms with Crippen molar-refractivity contribution < 1.29 is 0 Å². The van der Waals surface area contributed by atoms with Gasteiger partial charge in [0.05, 0.1) is 16.8 Å². The maximum absolute atomic E-state index is 5.84. The van der Waals surface area contributed by atoms with Crippen LogP contribution in [0.5, 0.6) is 0 Å². The van der Waals surface area contributed by atoms with E-state index in [9.17, 15) is 0 Å². The third-order valence-electron chi connectivity index (χ3n) is 1.74. The fourth-order valence-electron chi connectivity index (χ4n) is 1.09. The summed E-state index contributed by atoms with van der Waals surface area (Å²) in [6, 6.07) is 1.84. The molecule has 0 fully saturated rings. The number of pyridine rings is 1. The van der Waals surface area contributed by atoms with Crippen molar-refractivity contribution in [1.82, 2.24) is 14.8 Å². The Morgan fingerprint density at radius 1 is 1.47 bits per heavy atom. The first-order chi connectivity index (χ1) is 7.15. The SMILES string of the molecule is Cn1cc(Sc2ncc(Br)cc2N)cn1. The van der Waals surface area contributed by atoms with E-state index in [1.54, 1.807) is 17.1 Å². The normalized spacial score (nSPS) is 10.5. The first kappa shape index (κ1) is 10.5. The van der Waals surface area contributed by atoms with Crippen LogP contribution in [0, 0.1) is 0 Å². The summed E-state index contributed by atoms with van der Waals surface area (Å²) < 4.78 is 2.63. The number of nitrogens with two attached hydrogens (primary N) is 1. The lowest BCUT2D eigenvalue weighted by Gasteiger charge is -2.02. The molecule has 0 saturated carbocycles. The molecule has 2 heterocycles. The molecule has 0 aliphatic rings. The Labute approximate surface area is 100 Å². The molecule has 0 aromatic carbocycles. The summed E-state index contributed by atoms with van der Waals surface area (Å²) in [5.74, 6) is 0. The Hall–Kier alpha value is -1.01. The fraction of sp³-hybridized carbons (Fsp3) is 0.111. The van der Waals surface area contributed by atoms with Crippen molar-refractivity contribution in [2.45, 2.75) is 9.92 Å². The van der Waals surface area contributed by atoms with E-state index in [0.717, 1.165) is 14.4 Å².